The molecule has 1 saturated heterocycles. The van der Waals surface area contributed by atoms with Crippen molar-refractivity contribution in [2.24, 2.45) is 5.92 Å². The topological polar surface area (TPSA) is 87.7 Å². The number of ether oxygens (including phenoxy) is 1. The Hall–Kier alpha value is -2.57. The van der Waals surface area contributed by atoms with Crippen LogP contribution in [0, 0.1) is 5.92 Å². The highest BCUT2D eigenvalue weighted by Gasteiger charge is 2.38. The van der Waals surface area contributed by atoms with Crippen LogP contribution in [0.1, 0.15) is 51.0 Å². The zero-order chi connectivity index (χ0) is 20.1. The lowest BCUT2D eigenvalue weighted by atomic mass is 9.86. The van der Waals surface area contributed by atoms with Crippen LogP contribution in [0.3, 0.4) is 0 Å². The van der Waals surface area contributed by atoms with E-state index in [9.17, 15) is 14.4 Å². The molecule has 1 aliphatic heterocycles. The second kappa shape index (κ2) is 9.08. The maximum atomic E-state index is 12.6. The second-order valence-electron chi connectivity index (χ2n) is 7.75. The molecule has 3 rings (SSSR count). The molecule has 1 aliphatic carbocycles. The lowest BCUT2D eigenvalue weighted by Crippen LogP contribution is -2.41. The fourth-order valence-corrected chi connectivity index (χ4v) is 3.92. The quantitative estimate of drug-likeness (QED) is 0.704. The predicted octanol–water partition coefficient (Wildman–Crippen LogP) is 2.59. The number of nitrogens with zero attached hydrogens (tertiary/aromatic N) is 1. The number of imide groups is 1. The SMILES string of the molecule is COc1ccc(CN2C(=O)N[C@@H](CCC(=O)N[C@H]3CCCC[C@H]3C)C2=O)cc1. The molecule has 2 fully saturated rings. The Labute approximate surface area is 165 Å². The molecule has 7 nitrogen and oxygen atoms in total. The number of amides is 4. The Morgan fingerprint density at radius 1 is 1.21 bits per heavy atom. The maximum Gasteiger partial charge on any atom is 0.325 e. The van der Waals surface area contributed by atoms with Gasteiger partial charge in [0.25, 0.3) is 5.91 Å². The standard InChI is InChI=1S/C21H29N3O4/c1-14-5-3-4-6-17(14)22-19(25)12-11-18-20(26)24(21(27)23-18)13-15-7-9-16(28-2)10-8-15/h7-10,14,17-18H,3-6,11-13H2,1-2H3,(H,22,25)(H,23,27)/t14-,17+,18+/m1/s1. The van der Waals surface area contributed by atoms with E-state index in [1.807, 2.05) is 12.1 Å². The fraction of sp³-hybridized carbons (Fsp3) is 0.571. The van der Waals surface area contributed by atoms with E-state index in [0.29, 0.717) is 12.3 Å². The maximum absolute atomic E-state index is 12.6. The molecule has 3 atom stereocenters. The zero-order valence-electron chi connectivity index (χ0n) is 16.6. The molecule has 0 aromatic heterocycles. The summed E-state index contributed by atoms with van der Waals surface area (Å²) < 4.78 is 5.12. The summed E-state index contributed by atoms with van der Waals surface area (Å²) in [5.74, 6) is 0.886. The van der Waals surface area contributed by atoms with Gasteiger partial charge in [-0.1, -0.05) is 31.9 Å². The van der Waals surface area contributed by atoms with Crippen molar-refractivity contribution in [1.29, 1.82) is 0 Å². The Bertz CT molecular complexity index is 719. The van der Waals surface area contributed by atoms with Crippen LogP contribution in [0.4, 0.5) is 4.79 Å². The molecule has 2 N–H and O–H groups in total. The smallest absolute Gasteiger partial charge is 0.325 e. The number of carbonyl (C=O) groups excluding carboxylic acids is 3. The monoisotopic (exact) mass is 387 g/mol. The van der Waals surface area contributed by atoms with Gasteiger partial charge in [-0.15, -0.1) is 0 Å². The Morgan fingerprint density at radius 3 is 2.61 bits per heavy atom. The molecular weight excluding hydrogens is 358 g/mol. The van der Waals surface area contributed by atoms with Crippen LogP contribution in [0.25, 0.3) is 0 Å². The molecule has 1 heterocycles. The first kappa shape index (κ1) is 20.2. The largest absolute Gasteiger partial charge is 0.497 e. The highest BCUT2D eigenvalue weighted by atomic mass is 16.5. The van der Waals surface area contributed by atoms with Crippen LogP contribution >= 0.6 is 0 Å². The summed E-state index contributed by atoms with van der Waals surface area (Å²) >= 11 is 0. The molecule has 28 heavy (non-hydrogen) atoms. The molecule has 152 valence electrons. The van der Waals surface area contributed by atoms with E-state index in [2.05, 4.69) is 17.6 Å². The van der Waals surface area contributed by atoms with Crippen molar-refractivity contribution in [3.05, 3.63) is 29.8 Å². The van der Waals surface area contributed by atoms with Crippen LogP contribution in [-0.4, -0.2) is 41.9 Å². The number of methoxy groups -OCH3 is 1. The van der Waals surface area contributed by atoms with E-state index in [0.717, 1.165) is 30.6 Å². The Kier molecular flexibility index (Phi) is 6.54. The van der Waals surface area contributed by atoms with Crippen molar-refractivity contribution in [1.82, 2.24) is 15.5 Å². The van der Waals surface area contributed by atoms with E-state index < -0.39 is 12.1 Å². The third-order valence-corrected chi connectivity index (χ3v) is 5.72. The number of carbonyl (C=O) groups is 3. The van der Waals surface area contributed by atoms with Gasteiger partial charge in [0.15, 0.2) is 0 Å². The summed E-state index contributed by atoms with van der Waals surface area (Å²) in [5.41, 5.74) is 0.842. The van der Waals surface area contributed by atoms with Crippen molar-refractivity contribution in [2.45, 2.75) is 64.1 Å². The molecule has 1 aromatic carbocycles. The number of hydrogen-bond donors (Lipinski definition) is 2. The molecular formula is C21H29N3O4. The zero-order valence-corrected chi connectivity index (χ0v) is 16.6. The van der Waals surface area contributed by atoms with Gasteiger partial charge >= 0.3 is 6.03 Å². The van der Waals surface area contributed by atoms with Crippen molar-refractivity contribution in [2.75, 3.05) is 7.11 Å². The number of nitrogens with one attached hydrogen (secondary N) is 2. The first-order valence-corrected chi connectivity index (χ1v) is 10.0. The van der Waals surface area contributed by atoms with Crippen LogP contribution in [0.5, 0.6) is 5.75 Å². The predicted molar refractivity (Wildman–Crippen MR) is 105 cm³/mol. The highest BCUT2D eigenvalue weighted by molar-refractivity contribution is 6.04. The van der Waals surface area contributed by atoms with Gasteiger partial charge in [-0.2, -0.15) is 0 Å². The normalized spacial score (nSPS) is 24.8. The van der Waals surface area contributed by atoms with Gasteiger partial charge < -0.3 is 15.4 Å². The third kappa shape index (κ3) is 4.82. The van der Waals surface area contributed by atoms with E-state index in [4.69, 9.17) is 4.74 Å². The van der Waals surface area contributed by atoms with Gasteiger partial charge in [0, 0.05) is 12.5 Å². The second-order valence-corrected chi connectivity index (χ2v) is 7.75. The van der Waals surface area contributed by atoms with Gasteiger partial charge in [-0.25, -0.2) is 4.79 Å². The summed E-state index contributed by atoms with van der Waals surface area (Å²) in [6, 6.07) is 6.41. The Balaban J connectivity index is 1.49. The number of hydrogen-bond acceptors (Lipinski definition) is 4. The fourth-order valence-electron chi connectivity index (χ4n) is 3.92. The summed E-state index contributed by atoms with van der Waals surface area (Å²) in [6.45, 7) is 2.37. The molecule has 0 bridgehead atoms. The van der Waals surface area contributed by atoms with Gasteiger partial charge in [0.1, 0.15) is 11.8 Å². The van der Waals surface area contributed by atoms with Gasteiger partial charge in [0.05, 0.1) is 13.7 Å². The lowest BCUT2D eigenvalue weighted by Gasteiger charge is -2.29. The number of urea groups is 1. The minimum absolute atomic E-state index is 0.0468. The number of rotatable bonds is 7. The molecule has 4 amide bonds. The van der Waals surface area contributed by atoms with Crippen LogP contribution in [0.15, 0.2) is 24.3 Å². The average molecular weight is 387 g/mol. The van der Waals surface area contributed by atoms with Crippen molar-refractivity contribution in [3.63, 3.8) is 0 Å². The third-order valence-electron chi connectivity index (χ3n) is 5.72. The Morgan fingerprint density at radius 2 is 1.93 bits per heavy atom. The molecule has 1 saturated carbocycles. The van der Waals surface area contributed by atoms with E-state index in [-0.39, 0.29) is 30.8 Å². The van der Waals surface area contributed by atoms with E-state index in [1.54, 1.807) is 19.2 Å². The molecule has 7 heteroatoms. The van der Waals surface area contributed by atoms with Crippen molar-refractivity contribution >= 4 is 17.8 Å². The molecule has 2 aliphatic rings. The summed E-state index contributed by atoms with van der Waals surface area (Å²) in [7, 11) is 1.59. The van der Waals surface area contributed by atoms with E-state index in [1.165, 1.54) is 11.3 Å². The number of benzene rings is 1. The minimum Gasteiger partial charge on any atom is -0.497 e. The van der Waals surface area contributed by atoms with Gasteiger partial charge in [-0.05, 0) is 42.9 Å². The van der Waals surface area contributed by atoms with Gasteiger partial charge in [0.2, 0.25) is 5.91 Å². The minimum atomic E-state index is -0.639. The summed E-state index contributed by atoms with van der Waals surface area (Å²) in [4.78, 5) is 38.3. The molecule has 0 radical (unpaired) electrons. The van der Waals surface area contributed by atoms with Crippen molar-refractivity contribution in [3.8, 4) is 5.75 Å². The molecule has 1 aromatic rings. The van der Waals surface area contributed by atoms with Crippen molar-refractivity contribution < 1.29 is 19.1 Å². The summed E-state index contributed by atoms with van der Waals surface area (Å²) in [6.07, 6.45) is 5.07. The first-order valence-electron chi connectivity index (χ1n) is 10.0. The van der Waals surface area contributed by atoms with Crippen LogP contribution in [-0.2, 0) is 16.1 Å². The first-order chi connectivity index (χ1) is 13.5. The molecule has 0 spiro atoms. The van der Waals surface area contributed by atoms with E-state index >= 15 is 0 Å². The summed E-state index contributed by atoms with van der Waals surface area (Å²) in [5, 5.41) is 5.79. The highest BCUT2D eigenvalue weighted by Crippen LogP contribution is 2.24. The molecule has 0 unspecified atom stereocenters. The van der Waals surface area contributed by atoms with Crippen LogP contribution < -0.4 is 15.4 Å². The average Bonchev–Trinajstić information content (AvgIpc) is 2.96. The lowest BCUT2D eigenvalue weighted by molar-refractivity contribution is -0.128. The van der Waals surface area contributed by atoms with Crippen LogP contribution in [0.2, 0.25) is 0 Å². The van der Waals surface area contributed by atoms with Gasteiger partial charge in [-0.3, -0.25) is 14.5 Å².